The number of rotatable bonds is 4. The fourth-order valence-corrected chi connectivity index (χ4v) is 2.66. The number of aliphatic hydroxyl groups is 1. The fourth-order valence-electron chi connectivity index (χ4n) is 2.66. The predicted molar refractivity (Wildman–Crippen MR) is 60.4 cm³/mol. The zero-order valence-electron chi connectivity index (χ0n) is 9.83. The molecular formula is C12H23NO2. The van der Waals surface area contributed by atoms with Gasteiger partial charge in [0.1, 0.15) is 6.29 Å². The van der Waals surface area contributed by atoms with Gasteiger partial charge in [-0.2, -0.15) is 0 Å². The Morgan fingerprint density at radius 1 is 1.53 bits per heavy atom. The lowest BCUT2D eigenvalue weighted by Crippen LogP contribution is -2.52. The normalized spacial score (nSPS) is 35.9. The number of carbonyl (C=O) groups is 1. The van der Waals surface area contributed by atoms with Gasteiger partial charge in [0.05, 0.1) is 5.60 Å². The summed E-state index contributed by atoms with van der Waals surface area (Å²) in [5.41, 5.74) is 4.63. The molecule has 3 nitrogen and oxygen atoms in total. The first-order chi connectivity index (χ1) is 6.97. The maximum Gasteiger partial charge on any atom is 0.122 e. The molecule has 1 fully saturated rings. The molecule has 1 aliphatic rings. The molecule has 1 rings (SSSR count). The molecule has 0 bridgehead atoms. The molecule has 0 radical (unpaired) electrons. The average molecular weight is 213 g/mol. The molecule has 3 N–H and O–H groups in total. The van der Waals surface area contributed by atoms with E-state index in [0.717, 1.165) is 37.9 Å². The lowest BCUT2D eigenvalue weighted by atomic mass is 9.61. The monoisotopic (exact) mass is 213 g/mol. The van der Waals surface area contributed by atoms with Crippen LogP contribution in [0.2, 0.25) is 0 Å². The molecule has 0 spiro atoms. The van der Waals surface area contributed by atoms with E-state index < -0.39 is 5.60 Å². The minimum atomic E-state index is -0.941. The first-order valence-corrected chi connectivity index (χ1v) is 5.83. The summed E-state index contributed by atoms with van der Waals surface area (Å²) < 4.78 is 0. The fraction of sp³-hybridized carbons (Fsp3) is 0.917. The maximum atomic E-state index is 10.6. The molecule has 1 unspecified atom stereocenters. The standard InChI is InChI=1S/C12H23NO2/c1-10-3-5-12(9-13,6-4-10)11(2,15)7-8-14/h8,10,15H,3-7,9,13H2,1-2H3. The Balaban J connectivity index is 2.80. The number of carbonyl (C=O) groups excluding carboxylic acids is 1. The van der Waals surface area contributed by atoms with Crippen LogP contribution >= 0.6 is 0 Å². The molecule has 0 heterocycles. The topological polar surface area (TPSA) is 63.3 Å². The van der Waals surface area contributed by atoms with Gasteiger partial charge in [-0.3, -0.25) is 0 Å². The molecule has 1 atom stereocenters. The Labute approximate surface area is 92.0 Å². The van der Waals surface area contributed by atoms with Gasteiger partial charge in [0, 0.05) is 18.4 Å². The highest BCUT2D eigenvalue weighted by atomic mass is 16.3. The summed E-state index contributed by atoms with van der Waals surface area (Å²) in [6.07, 6.45) is 5.07. The molecule has 0 saturated heterocycles. The number of nitrogens with two attached hydrogens (primary N) is 1. The van der Waals surface area contributed by atoms with Gasteiger partial charge in [0.15, 0.2) is 0 Å². The molecule has 0 aliphatic heterocycles. The van der Waals surface area contributed by atoms with Crippen LogP contribution in [0, 0.1) is 11.3 Å². The van der Waals surface area contributed by atoms with Crippen LogP contribution < -0.4 is 5.73 Å². The van der Waals surface area contributed by atoms with Gasteiger partial charge in [0.25, 0.3) is 0 Å². The Bertz CT molecular complexity index is 218. The zero-order valence-corrected chi connectivity index (χ0v) is 9.83. The van der Waals surface area contributed by atoms with Crippen molar-refractivity contribution >= 4 is 6.29 Å². The third-order valence-corrected chi connectivity index (χ3v) is 4.25. The van der Waals surface area contributed by atoms with E-state index in [1.807, 2.05) is 0 Å². The Hall–Kier alpha value is -0.410. The van der Waals surface area contributed by atoms with Gasteiger partial charge in [0.2, 0.25) is 0 Å². The average Bonchev–Trinajstić information content (AvgIpc) is 2.19. The second-order valence-electron chi connectivity index (χ2n) is 5.31. The van der Waals surface area contributed by atoms with Crippen LogP contribution in [0.3, 0.4) is 0 Å². The van der Waals surface area contributed by atoms with Crippen molar-refractivity contribution in [3.8, 4) is 0 Å². The van der Waals surface area contributed by atoms with Gasteiger partial charge < -0.3 is 15.6 Å². The minimum absolute atomic E-state index is 0.193. The van der Waals surface area contributed by atoms with Crippen molar-refractivity contribution in [2.45, 2.75) is 51.6 Å². The van der Waals surface area contributed by atoms with Crippen LogP contribution in [-0.4, -0.2) is 23.5 Å². The molecule has 0 aromatic rings. The van der Waals surface area contributed by atoms with Crippen molar-refractivity contribution in [3.05, 3.63) is 0 Å². The first-order valence-electron chi connectivity index (χ1n) is 5.83. The third-order valence-electron chi connectivity index (χ3n) is 4.25. The summed E-state index contributed by atoms with van der Waals surface area (Å²) in [4.78, 5) is 10.6. The summed E-state index contributed by atoms with van der Waals surface area (Å²) in [5, 5.41) is 10.4. The van der Waals surface area contributed by atoms with E-state index in [-0.39, 0.29) is 11.8 Å². The van der Waals surface area contributed by atoms with E-state index in [9.17, 15) is 9.90 Å². The van der Waals surface area contributed by atoms with E-state index in [0.29, 0.717) is 6.54 Å². The molecule has 1 saturated carbocycles. The van der Waals surface area contributed by atoms with E-state index in [4.69, 9.17) is 5.73 Å². The Kier molecular flexibility index (Phi) is 3.90. The van der Waals surface area contributed by atoms with Crippen LogP contribution in [0.4, 0.5) is 0 Å². The van der Waals surface area contributed by atoms with Crippen molar-refractivity contribution < 1.29 is 9.90 Å². The SMILES string of the molecule is CC1CCC(CN)(C(C)(O)CC=O)CC1. The van der Waals surface area contributed by atoms with E-state index in [1.54, 1.807) is 6.92 Å². The Morgan fingerprint density at radius 3 is 2.47 bits per heavy atom. The number of hydrogen-bond donors (Lipinski definition) is 2. The van der Waals surface area contributed by atoms with Gasteiger partial charge in [-0.15, -0.1) is 0 Å². The van der Waals surface area contributed by atoms with Crippen molar-refractivity contribution in [2.24, 2.45) is 17.1 Å². The second kappa shape index (κ2) is 4.62. The smallest absolute Gasteiger partial charge is 0.122 e. The highest BCUT2D eigenvalue weighted by Gasteiger charge is 2.46. The Morgan fingerprint density at radius 2 is 2.07 bits per heavy atom. The van der Waals surface area contributed by atoms with Crippen LogP contribution in [0.5, 0.6) is 0 Å². The lowest BCUT2D eigenvalue weighted by Gasteiger charge is -2.48. The van der Waals surface area contributed by atoms with Gasteiger partial charge >= 0.3 is 0 Å². The van der Waals surface area contributed by atoms with Crippen LogP contribution in [0.15, 0.2) is 0 Å². The zero-order chi connectivity index (χ0) is 11.5. The first kappa shape index (κ1) is 12.7. The molecule has 1 aliphatic carbocycles. The van der Waals surface area contributed by atoms with Crippen LogP contribution in [-0.2, 0) is 4.79 Å². The number of aldehydes is 1. The molecule has 88 valence electrons. The quantitative estimate of drug-likeness (QED) is 0.695. The summed E-state index contributed by atoms with van der Waals surface area (Å²) in [7, 11) is 0. The molecular weight excluding hydrogens is 190 g/mol. The molecule has 3 heteroatoms. The van der Waals surface area contributed by atoms with Crippen LogP contribution in [0.25, 0.3) is 0 Å². The molecule has 0 amide bonds. The minimum Gasteiger partial charge on any atom is -0.389 e. The molecule has 0 aromatic heterocycles. The maximum absolute atomic E-state index is 10.6. The van der Waals surface area contributed by atoms with Crippen LogP contribution in [0.1, 0.15) is 46.0 Å². The highest BCUT2D eigenvalue weighted by Crippen LogP contribution is 2.46. The number of hydrogen-bond acceptors (Lipinski definition) is 3. The molecule has 0 aromatic carbocycles. The van der Waals surface area contributed by atoms with Crippen molar-refractivity contribution in [1.82, 2.24) is 0 Å². The second-order valence-corrected chi connectivity index (χ2v) is 5.31. The summed E-state index contributed by atoms with van der Waals surface area (Å²) in [5.74, 6) is 0.719. The third kappa shape index (κ3) is 2.40. The molecule has 15 heavy (non-hydrogen) atoms. The predicted octanol–water partition coefficient (Wildman–Crippen LogP) is 1.48. The van der Waals surface area contributed by atoms with E-state index >= 15 is 0 Å². The summed E-state index contributed by atoms with van der Waals surface area (Å²) >= 11 is 0. The van der Waals surface area contributed by atoms with Gasteiger partial charge in [-0.05, 0) is 25.7 Å². The van der Waals surface area contributed by atoms with Crippen molar-refractivity contribution in [1.29, 1.82) is 0 Å². The largest absolute Gasteiger partial charge is 0.389 e. The lowest BCUT2D eigenvalue weighted by molar-refractivity contribution is -0.124. The summed E-state index contributed by atoms with van der Waals surface area (Å²) in [6.45, 7) is 4.46. The summed E-state index contributed by atoms with van der Waals surface area (Å²) in [6, 6.07) is 0. The van der Waals surface area contributed by atoms with E-state index in [2.05, 4.69) is 6.92 Å². The van der Waals surface area contributed by atoms with Gasteiger partial charge in [-0.1, -0.05) is 19.8 Å². The van der Waals surface area contributed by atoms with Crippen molar-refractivity contribution in [3.63, 3.8) is 0 Å². The van der Waals surface area contributed by atoms with E-state index in [1.165, 1.54) is 0 Å². The van der Waals surface area contributed by atoms with Gasteiger partial charge in [-0.25, -0.2) is 0 Å². The highest BCUT2D eigenvalue weighted by molar-refractivity contribution is 5.51. The van der Waals surface area contributed by atoms with Crippen molar-refractivity contribution in [2.75, 3.05) is 6.54 Å².